The predicted octanol–water partition coefficient (Wildman–Crippen LogP) is 9.87. The molecule has 0 bridgehead atoms. The maximum atomic E-state index is 12.9. The molecule has 0 spiro atoms. The van der Waals surface area contributed by atoms with Crippen molar-refractivity contribution in [1.82, 2.24) is 0 Å². The van der Waals surface area contributed by atoms with Crippen LogP contribution in [0.4, 0.5) is 44.2 Å². The number of hydrogen-bond donors (Lipinski definition) is 0. The topological polar surface area (TPSA) is 0 Å². The highest BCUT2D eigenvalue weighted by Gasteiger charge is 2.81. The Morgan fingerprint density at radius 1 is 0.600 bits per heavy atom. The third kappa shape index (κ3) is 13.2. The second-order valence-corrected chi connectivity index (χ2v) is 24.4. The molecular formula is C12H18Cl6F10Si2. The zero-order valence-corrected chi connectivity index (χ0v) is 21.6. The molecule has 0 atom stereocenters. The van der Waals surface area contributed by atoms with Crippen LogP contribution in [-0.4, -0.2) is 36.0 Å². The van der Waals surface area contributed by atoms with E-state index in [2.05, 4.69) is 6.92 Å². The summed E-state index contributed by atoms with van der Waals surface area (Å²) < 4.78 is 111. The van der Waals surface area contributed by atoms with Crippen LogP contribution >= 0.6 is 66.5 Å². The number of rotatable bonds is 10. The van der Waals surface area contributed by atoms with Crippen molar-refractivity contribution >= 4 is 78.5 Å². The molecule has 0 aliphatic heterocycles. The molecule has 0 saturated carbocycles. The van der Waals surface area contributed by atoms with Gasteiger partial charge in [0.2, 0.25) is 0 Å². The molecule has 18 heteroatoms. The lowest BCUT2D eigenvalue weighted by Crippen LogP contribution is -2.60. The molecule has 0 fully saturated rings. The molecule has 0 heterocycles. The summed E-state index contributed by atoms with van der Waals surface area (Å²) in [6, 6.07) is -6.55. The molecule has 0 rings (SSSR count). The number of alkyl halides is 9. The number of halogens is 16. The molecule has 0 amide bonds. The van der Waals surface area contributed by atoms with Gasteiger partial charge in [-0.15, -0.1) is 66.5 Å². The lowest BCUT2D eigenvalue weighted by atomic mass is 10.0. The molecule has 0 N–H and O–H groups in total. The van der Waals surface area contributed by atoms with E-state index in [0.29, 0.717) is 0 Å². The molecule has 0 radical (unpaired) electrons. The van der Waals surface area contributed by atoms with Crippen molar-refractivity contribution in [2.75, 3.05) is 0 Å². The molecule has 0 nitrogen and oxygen atoms in total. The molecule has 0 aromatic rings. The third-order valence-corrected chi connectivity index (χ3v) is 8.39. The lowest BCUT2D eigenvalue weighted by Gasteiger charge is -2.33. The molecule has 0 aromatic heterocycles. The lowest BCUT2D eigenvalue weighted by molar-refractivity contribution is -0.396. The standard InChI is InChI=1S/C6H4Cl3F9Si.C6H13Cl3Si.FH/c7-19(8,9)2-1-3(10,11)4(12,13)5(14,15)6(16,17)18;1-2-3-4-5-6-10(7,8)9;/h1-2H2;2-6H2,1H3;1H. The van der Waals surface area contributed by atoms with Crippen LogP contribution in [-0.2, 0) is 0 Å². The minimum absolute atomic E-state index is 0. The van der Waals surface area contributed by atoms with Gasteiger partial charge in [-0.25, -0.2) is 0 Å². The van der Waals surface area contributed by atoms with E-state index in [4.69, 9.17) is 66.5 Å². The van der Waals surface area contributed by atoms with E-state index in [-0.39, 0.29) is 4.70 Å². The van der Waals surface area contributed by atoms with Gasteiger partial charge in [0.05, 0.1) is 0 Å². The Hall–Kier alpha value is 1.47. The third-order valence-electron chi connectivity index (χ3n) is 3.25. The van der Waals surface area contributed by atoms with Gasteiger partial charge < -0.3 is 0 Å². The van der Waals surface area contributed by atoms with Crippen molar-refractivity contribution in [3.05, 3.63) is 0 Å². The van der Waals surface area contributed by atoms with Gasteiger partial charge >= 0.3 is 36.0 Å². The molecule has 0 aliphatic carbocycles. The van der Waals surface area contributed by atoms with Crippen LogP contribution in [0.25, 0.3) is 0 Å². The first-order valence-corrected chi connectivity index (χ1v) is 18.3. The first-order chi connectivity index (χ1) is 12.5. The average molecular weight is 621 g/mol. The fourth-order valence-corrected chi connectivity index (χ4v) is 4.92. The summed E-state index contributed by atoms with van der Waals surface area (Å²) in [5, 5.41) is 0. The molecule has 0 unspecified atom stereocenters. The van der Waals surface area contributed by atoms with Crippen LogP contribution in [0.15, 0.2) is 0 Å². The first-order valence-electron chi connectivity index (χ1n) is 7.85. The minimum Gasteiger partial charge on any atom is -0.269 e. The van der Waals surface area contributed by atoms with Gasteiger partial charge in [-0.2, -0.15) is 39.5 Å². The van der Waals surface area contributed by atoms with Crippen LogP contribution in [0.2, 0.25) is 12.1 Å². The van der Waals surface area contributed by atoms with Crippen molar-refractivity contribution in [1.29, 1.82) is 0 Å². The summed E-state index contributed by atoms with van der Waals surface area (Å²) in [7, 11) is 0. The molecule has 186 valence electrons. The maximum Gasteiger partial charge on any atom is 0.460 e. The zero-order valence-electron chi connectivity index (χ0n) is 15.0. The number of unbranched alkanes of at least 4 members (excludes halogenated alkanes) is 3. The Kier molecular flexibility index (Phi) is 16.1. The number of hydrogen-bond acceptors (Lipinski definition) is 0. The summed E-state index contributed by atoms with van der Waals surface area (Å²) >= 11 is 32.3. The summed E-state index contributed by atoms with van der Waals surface area (Å²) in [5.74, 6) is -19.2. The Morgan fingerprint density at radius 3 is 1.30 bits per heavy atom. The van der Waals surface area contributed by atoms with Crippen molar-refractivity contribution < 1.29 is 44.2 Å². The van der Waals surface area contributed by atoms with Gasteiger partial charge in [0, 0.05) is 6.42 Å². The van der Waals surface area contributed by atoms with Gasteiger partial charge in [-0.3, -0.25) is 4.70 Å². The summed E-state index contributed by atoms with van der Waals surface area (Å²) in [4.78, 5) is 0. The zero-order chi connectivity index (χ0) is 23.9. The Bertz CT molecular complexity index is 480. The van der Waals surface area contributed by atoms with E-state index >= 15 is 0 Å². The second-order valence-electron chi connectivity index (χ2n) is 5.89. The van der Waals surface area contributed by atoms with E-state index in [0.717, 1.165) is 12.5 Å². The van der Waals surface area contributed by atoms with E-state index < -0.39 is 48.4 Å². The van der Waals surface area contributed by atoms with Gasteiger partial charge in [0.15, 0.2) is 0 Å². The monoisotopic (exact) mass is 618 g/mol. The van der Waals surface area contributed by atoms with Gasteiger partial charge in [-0.1, -0.05) is 32.6 Å². The molecule has 0 aromatic carbocycles. The van der Waals surface area contributed by atoms with Crippen LogP contribution in [0.5, 0.6) is 0 Å². The van der Waals surface area contributed by atoms with Crippen molar-refractivity contribution in [3.63, 3.8) is 0 Å². The van der Waals surface area contributed by atoms with Crippen LogP contribution in [0.1, 0.15) is 39.0 Å². The minimum atomic E-state index is -6.90. The Morgan fingerprint density at radius 2 is 1.00 bits per heavy atom. The highest BCUT2D eigenvalue weighted by Crippen LogP contribution is 2.54. The summed E-state index contributed by atoms with van der Waals surface area (Å²) in [6.45, 7) is 2.17. The molecule has 0 saturated heterocycles. The van der Waals surface area contributed by atoms with E-state index in [1.165, 1.54) is 19.3 Å². The highest BCUT2D eigenvalue weighted by molar-refractivity contribution is 7.65. The first kappa shape index (κ1) is 36.1. The van der Waals surface area contributed by atoms with E-state index in [1.54, 1.807) is 0 Å². The molecular weight excluding hydrogens is 603 g/mol. The normalized spacial score (nSPS) is 14.0. The maximum absolute atomic E-state index is 12.9. The average Bonchev–Trinajstić information content (AvgIpc) is 2.47. The van der Waals surface area contributed by atoms with Crippen LogP contribution in [0, 0.1) is 0 Å². The summed E-state index contributed by atoms with van der Waals surface area (Å²) in [5.41, 5.74) is 0. The van der Waals surface area contributed by atoms with Crippen molar-refractivity contribution in [3.8, 4) is 0 Å². The van der Waals surface area contributed by atoms with Crippen LogP contribution < -0.4 is 0 Å². The largest absolute Gasteiger partial charge is 0.460 e. The van der Waals surface area contributed by atoms with Gasteiger partial charge in [-0.05, 0) is 12.1 Å². The van der Waals surface area contributed by atoms with Gasteiger partial charge in [0.1, 0.15) is 0 Å². The smallest absolute Gasteiger partial charge is 0.269 e. The Labute approximate surface area is 197 Å². The van der Waals surface area contributed by atoms with Crippen molar-refractivity contribution in [2.24, 2.45) is 0 Å². The van der Waals surface area contributed by atoms with Gasteiger partial charge in [0.25, 0.3) is 0 Å². The van der Waals surface area contributed by atoms with Crippen molar-refractivity contribution in [2.45, 2.75) is 75.1 Å². The fraction of sp³-hybridized carbons (Fsp3) is 1.00. The predicted molar refractivity (Wildman–Crippen MR) is 108 cm³/mol. The SMILES string of the molecule is CCCCCC[Si](Cl)(Cl)Cl.F.FC(F)(F)C(F)(F)C(F)(F)C(F)(F)CC[Si](Cl)(Cl)Cl. The fourth-order valence-electron chi connectivity index (χ4n) is 1.62. The Balaban J connectivity index is -0.000000563. The van der Waals surface area contributed by atoms with E-state index in [9.17, 15) is 39.5 Å². The molecule has 0 aliphatic rings. The van der Waals surface area contributed by atoms with E-state index in [1.807, 2.05) is 0 Å². The molecule has 30 heavy (non-hydrogen) atoms. The second kappa shape index (κ2) is 13.4. The summed E-state index contributed by atoms with van der Waals surface area (Å²) in [6.07, 6.45) is -4.16. The quantitative estimate of drug-likeness (QED) is 0.0987. The van der Waals surface area contributed by atoms with Crippen LogP contribution in [0.3, 0.4) is 0 Å². The highest BCUT2D eigenvalue weighted by atomic mass is 35.8.